The Kier molecular flexibility index (Phi) is 4.61. The molecule has 0 fully saturated rings. The topological polar surface area (TPSA) is 31.9 Å². The average Bonchev–Trinajstić information content (AvgIpc) is 3.06. The number of hydrogen-bond donors (Lipinski definition) is 1. The summed E-state index contributed by atoms with van der Waals surface area (Å²) in [4.78, 5) is 10.4. The fourth-order valence-corrected chi connectivity index (χ4v) is 4.28. The summed E-state index contributed by atoms with van der Waals surface area (Å²) in [5.41, 5.74) is 4.81. The summed E-state index contributed by atoms with van der Waals surface area (Å²) < 4.78 is 1.16. The zero-order chi connectivity index (χ0) is 16.5. The maximum absolute atomic E-state index is 6.47. The van der Waals surface area contributed by atoms with Crippen molar-refractivity contribution >= 4 is 34.2 Å². The van der Waals surface area contributed by atoms with Crippen LogP contribution in [-0.4, -0.2) is 21.4 Å². The monoisotopic (exact) mass is 449 g/mol. The van der Waals surface area contributed by atoms with Gasteiger partial charge < -0.3 is 4.98 Å². The van der Waals surface area contributed by atoms with Gasteiger partial charge in [0.25, 0.3) is 0 Å². The lowest BCUT2D eigenvalue weighted by Crippen LogP contribution is -2.35. The smallest absolute Gasteiger partial charge is 0.0926 e. The molecule has 5 heteroatoms. The van der Waals surface area contributed by atoms with Crippen LogP contribution in [0.3, 0.4) is 0 Å². The molecule has 3 nitrogen and oxygen atoms in total. The van der Waals surface area contributed by atoms with E-state index in [2.05, 4.69) is 79.9 Å². The van der Waals surface area contributed by atoms with Crippen molar-refractivity contribution in [3.63, 3.8) is 0 Å². The van der Waals surface area contributed by atoms with Gasteiger partial charge >= 0.3 is 0 Å². The Morgan fingerprint density at radius 3 is 2.83 bits per heavy atom. The van der Waals surface area contributed by atoms with Gasteiger partial charge in [0, 0.05) is 33.8 Å². The number of rotatable bonds is 3. The highest BCUT2D eigenvalue weighted by Crippen LogP contribution is 2.35. The van der Waals surface area contributed by atoms with Crippen LogP contribution in [0.2, 0.25) is 5.02 Å². The first-order valence-corrected chi connectivity index (χ1v) is 9.43. The second-order valence-electron chi connectivity index (χ2n) is 6.04. The van der Waals surface area contributed by atoms with Crippen molar-refractivity contribution in [1.82, 2.24) is 14.9 Å². The normalized spacial score (nSPS) is 17.7. The SMILES string of the molecule is Clc1cc(I)ccc1CN1CCc2[nH]cnc2C1c1ccccc1. The standard InChI is InChI=1S/C19H17ClIN3/c20-16-10-15(21)7-6-14(16)11-24-9-8-17-18(23-12-22-17)19(24)13-4-2-1-3-5-13/h1-7,10,12,19H,8-9,11H2,(H,22,23). The largest absolute Gasteiger partial charge is 0.348 e. The van der Waals surface area contributed by atoms with Crippen molar-refractivity contribution in [2.24, 2.45) is 0 Å². The molecule has 24 heavy (non-hydrogen) atoms. The van der Waals surface area contributed by atoms with Gasteiger partial charge in [0.1, 0.15) is 0 Å². The number of halogens is 2. The van der Waals surface area contributed by atoms with Crippen molar-refractivity contribution in [3.8, 4) is 0 Å². The van der Waals surface area contributed by atoms with Gasteiger partial charge in [0.15, 0.2) is 0 Å². The maximum atomic E-state index is 6.47. The van der Waals surface area contributed by atoms with Crippen molar-refractivity contribution in [1.29, 1.82) is 0 Å². The molecule has 0 bridgehead atoms. The van der Waals surface area contributed by atoms with Crippen LogP contribution in [0.4, 0.5) is 0 Å². The van der Waals surface area contributed by atoms with Crippen molar-refractivity contribution in [2.75, 3.05) is 6.54 Å². The molecule has 1 aliphatic rings. The molecule has 1 atom stereocenters. The summed E-state index contributed by atoms with van der Waals surface area (Å²) in [6, 6.07) is 17.0. The highest BCUT2D eigenvalue weighted by molar-refractivity contribution is 14.1. The predicted molar refractivity (Wildman–Crippen MR) is 105 cm³/mol. The molecule has 0 aliphatic carbocycles. The zero-order valence-corrected chi connectivity index (χ0v) is 16.0. The Morgan fingerprint density at radius 1 is 1.21 bits per heavy atom. The van der Waals surface area contributed by atoms with E-state index in [0.717, 1.165) is 39.4 Å². The van der Waals surface area contributed by atoms with Crippen molar-refractivity contribution in [3.05, 3.63) is 86.0 Å². The summed E-state index contributed by atoms with van der Waals surface area (Å²) in [7, 11) is 0. The second kappa shape index (κ2) is 6.86. The molecular formula is C19H17ClIN3. The van der Waals surface area contributed by atoms with Crippen LogP contribution >= 0.6 is 34.2 Å². The highest BCUT2D eigenvalue weighted by Gasteiger charge is 2.31. The molecule has 0 saturated carbocycles. The lowest BCUT2D eigenvalue weighted by atomic mass is 9.95. The molecule has 0 spiro atoms. The van der Waals surface area contributed by atoms with Crippen LogP contribution < -0.4 is 0 Å². The first kappa shape index (κ1) is 16.1. The number of fused-ring (bicyclic) bond motifs is 1. The molecule has 3 aromatic rings. The van der Waals surface area contributed by atoms with Crippen LogP contribution in [0, 0.1) is 3.57 Å². The van der Waals surface area contributed by atoms with Gasteiger partial charge in [-0.05, 0) is 45.9 Å². The Bertz CT molecular complexity index is 847. The van der Waals surface area contributed by atoms with Crippen LogP contribution in [0.1, 0.15) is 28.6 Å². The minimum absolute atomic E-state index is 0.163. The van der Waals surface area contributed by atoms with Gasteiger partial charge in [0.2, 0.25) is 0 Å². The van der Waals surface area contributed by atoms with E-state index in [1.54, 1.807) is 0 Å². The summed E-state index contributed by atoms with van der Waals surface area (Å²) in [6.07, 6.45) is 2.79. The summed E-state index contributed by atoms with van der Waals surface area (Å²) in [6.45, 7) is 1.80. The van der Waals surface area contributed by atoms with Crippen LogP contribution in [0.5, 0.6) is 0 Å². The van der Waals surface area contributed by atoms with E-state index in [0.29, 0.717) is 0 Å². The molecule has 1 aromatic heterocycles. The quantitative estimate of drug-likeness (QED) is 0.582. The fourth-order valence-electron chi connectivity index (χ4n) is 3.37. The third kappa shape index (κ3) is 3.10. The van der Waals surface area contributed by atoms with E-state index in [1.165, 1.54) is 11.3 Å². The Hall–Kier alpha value is -1.37. The number of hydrogen-bond acceptors (Lipinski definition) is 2. The van der Waals surface area contributed by atoms with Crippen molar-refractivity contribution in [2.45, 2.75) is 19.0 Å². The van der Waals surface area contributed by atoms with Crippen molar-refractivity contribution < 1.29 is 0 Å². The molecular weight excluding hydrogens is 433 g/mol. The van der Waals surface area contributed by atoms with Gasteiger partial charge in [-0.1, -0.05) is 48.0 Å². The van der Waals surface area contributed by atoms with E-state index in [4.69, 9.17) is 11.6 Å². The molecule has 122 valence electrons. The number of imidazole rings is 1. The van der Waals surface area contributed by atoms with E-state index >= 15 is 0 Å². The Morgan fingerprint density at radius 2 is 2.04 bits per heavy atom. The third-order valence-electron chi connectivity index (χ3n) is 4.53. The molecule has 0 radical (unpaired) electrons. The van der Waals surface area contributed by atoms with Gasteiger partial charge in [-0.25, -0.2) is 4.98 Å². The lowest BCUT2D eigenvalue weighted by molar-refractivity contribution is 0.200. The lowest BCUT2D eigenvalue weighted by Gasteiger charge is -2.35. The minimum Gasteiger partial charge on any atom is -0.348 e. The average molecular weight is 450 g/mol. The van der Waals surface area contributed by atoms with Gasteiger partial charge in [-0.3, -0.25) is 4.90 Å². The number of nitrogens with one attached hydrogen (secondary N) is 1. The number of nitrogens with zero attached hydrogens (tertiary/aromatic N) is 2. The van der Waals surface area contributed by atoms with Gasteiger partial charge in [-0.15, -0.1) is 0 Å². The summed E-state index contributed by atoms with van der Waals surface area (Å²) in [5.74, 6) is 0. The number of aromatic nitrogens is 2. The number of H-pyrrole nitrogens is 1. The maximum Gasteiger partial charge on any atom is 0.0926 e. The molecule has 1 N–H and O–H groups in total. The minimum atomic E-state index is 0.163. The van der Waals surface area contributed by atoms with Crippen LogP contribution in [-0.2, 0) is 13.0 Å². The first-order valence-electron chi connectivity index (χ1n) is 7.97. The highest BCUT2D eigenvalue weighted by atomic mass is 127. The fraction of sp³-hybridized carbons (Fsp3) is 0.211. The number of aromatic amines is 1. The van der Waals surface area contributed by atoms with Gasteiger partial charge in [0.05, 0.1) is 18.1 Å². The van der Waals surface area contributed by atoms with E-state index in [1.807, 2.05) is 12.4 Å². The van der Waals surface area contributed by atoms with E-state index in [-0.39, 0.29) is 6.04 Å². The second-order valence-corrected chi connectivity index (χ2v) is 7.69. The first-order chi connectivity index (χ1) is 11.7. The predicted octanol–water partition coefficient (Wildman–Crippen LogP) is 4.82. The number of benzene rings is 2. The Balaban J connectivity index is 1.71. The van der Waals surface area contributed by atoms with Crippen LogP contribution in [0.25, 0.3) is 0 Å². The molecule has 0 saturated heterocycles. The molecule has 2 aromatic carbocycles. The van der Waals surface area contributed by atoms with Gasteiger partial charge in [-0.2, -0.15) is 0 Å². The molecule has 4 rings (SSSR count). The van der Waals surface area contributed by atoms with Crippen LogP contribution in [0.15, 0.2) is 54.9 Å². The zero-order valence-electron chi connectivity index (χ0n) is 13.0. The van der Waals surface area contributed by atoms with E-state index < -0.39 is 0 Å². The Labute approximate surface area is 160 Å². The molecule has 0 amide bonds. The van der Waals surface area contributed by atoms with E-state index in [9.17, 15) is 0 Å². The summed E-state index contributed by atoms with van der Waals surface area (Å²) >= 11 is 8.76. The third-order valence-corrected chi connectivity index (χ3v) is 5.55. The molecule has 1 aliphatic heterocycles. The summed E-state index contributed by atoms with van der Waals surface area (Å²) in [5, 5.41) is 0.835. The molecule has 1 unspecified atom stereocenters. The molecule has 2 heterocycles.